The van der Waals surface area contributed by atoms with Gasteiger partial charge in [-0.25, -0.2) is 13.1 Å². The first-order valence-electron chi connectivity index (χ1n) is 5.53. The highest BCUT2D eigenvalue weighted by Gasteiger charge is 2.28. The predicted octanol–water partition coefficient (Wildman–Crippen LogP) is -0.629. The lowest BCUT2D eigenvalue weighted by atomic mass is 10.4. The fraction of sp³-hybridized carbons (Fsp3) is 0.556. The molecule has 1 N–H and O–H groups in total. The number of sulfonamides is 1. The number of aryl methyl sites for hydroxylation is 3. The van der Waals surface area contributed by atoms with Crippen LogP contribution < -0.4 is 0 Å². The van der Waals surface area contributed by atoms with Gasteiger partial charge < -0.3 is 0 Å². The first-order valence-corrected chi connectivity index (χ1v) is 6.97. The van der Waals surface area contributed by atoms with Crippen molar-refractivity contribution in [3.63, 3.8) is 0 Å². The summed E-state index contributed by atoms with van der Waals surface area (Å²) in [7, 11) is -0.480. The molecule has 0 saturated heterocycles. The summed E-state index contributed by atoms with van der Waals surface area (Å²) in [6.07, 6.45) is 0. The lowest BCUT2D eigenvalue weighted by Gasteiger charge is -2.16. The molecule has 0 aliphatic carbocycles. The predicted molar refractivity (Wildman–Crippen MR) is 65.5 cm³/mol. The Kier molecular flexibility index (Phi) is 3.37. The first-order chi connectivity index (χ1) is 8.84. The van der Waals surface area contributed by atoms with Gasteiger partial charge in [-0.15, -0.1) is 5.10 Å². The Labute approximate surface area is 110 Å². The van der Waals surface area contributed by atoms with Gasteiger partial charge in [0.1, 0.15) is 4.90 Å². The summed E-state index contributed by atoms with van der Waals surface area (Å²) in [6.45, 7) is 3.41. The first kappa shape index (κ1) is 13.6. The number of rotatable bonds is 4. The number of hydrogen-bond donors (Lipinski definition) is 1. The zero-order valence-corrected chi connectivity index (χ0v) is 11.9. The number of H-pyrrole nitrogens is 1. The zero-order valence-electron chi connectivity index (χ0n) is 11.1. The minimum absolute atomic E-state index is 0.0931. The van der Waals surface area contributed by atoms with Gasteiger partial charge in [-0.2, -0.15) is 9.40 Å². The van der Waals surface area contributed by atoms with E-state index in [9.17, 15) is 8.42 Å². The van der Waals surface area contributed by atoms with Gasteiger partial charge in [-0.3, -0.25) is 5.10 Å². The maximum Gasteiger partial charge on any atom is 0.246 e. The second kappa shape index (κ2) is 4.70. The number of nitrogens with zero attached hydrogens (tertiary/aromatic N) is 6. The fourth-order valence-corrected chi connectivity index (χ4v) is 3.19. The number of aromatic amines is 1. The largest absolute Gasteiger partial charge is 0.281 e. The molecule has 0 amide bonds. The van der Waals surface area contributed by atoms with Gasteiger partial charge in [0.15, 0.2) is 5.82 Å². The van der Waals surface area contributed by atoms with Gasteiger partial charge in [0.25, 0.3) is 0 Å². The second-order valence-corrected chi connectivity index (χ2v) is 6.22. The molecule has 0 radical (unpaired) electrons. The van der Waals surface area contributed by atoms with Gasteiger partial charge in [0.2, 0.25) is 10.0 Å². The highest BCUT2D eigenvalue weighted by Crippen LogP contribution is 2.21. The van der Waals surface area contributed by atoms with Crippen LogP contribution >= 0.6 is 0 Å². The number of tetrazole rings is 1. The maximum absolute atomic E-state index is 12.5. The maximum atomic E-state index is 12.5. The van der Waals surface area contributed by atoms with E-state index < -0.39 is 10.0 Å². The summed E-state index contributed by atoms with van der Waals surface area (Å²) in [5.41, 5.74) is 0.959. The van der Waals surface area contributed by atoms with Gasteiger partial charge >= 0.3 is 0 Å². The van der Waals surface area contributed by atoms with E-state index in [0.29, 0.717) is 17.2 Å². The van der Waals surface area contributed by atoms with Crippen molar-refractivity contribution in [3.05, 3.63) is 17.2 Å². The molecule has 19 heavy (non-hydrogen) atoms. The Morgan fingerprint density at radius 3 is 2.53 bits per heavy atom. The third kappa shape index (κ3) is 2.36. The molecule has 9 nitrogen and oxygen atoms in total. The number of nitrogens with one attached hydrogen (secondary N) is 1. The van der Waals surface area contributed by atoms with Crippen LogP contribution in [0.15, 0.2) is 4.90 Å². The fourth-order valence-electron chi connectivity index (χ4n) is 1.74. The lowest BCUT2D eigenvalue weighted by molar-refractivity contribution is 0.446. The molecule has 0 aliphatic heterocycles. The summed E-state index contributed by atoms with van der Waals surface area (Å²) >= 11 is 0. The molecule has 0 fully saturated rings. The van der Waals surface area contributed by atoms with Crippen molar-refractivity contribution in [2.24, 2.45) is 7.05 Å². The van der Waals surface area contributed by atoms with E-state index in [4.69, 9.17) is 0 Å². The minimum atomic E-state index is -3.62. The van der Waals surface area contributed by atoms with E-state index in [-0.39, 0.29) is 11.4 Å². The highest BCUT2D eigenvalue weighted by atomic mass is 32.2. The normalized spacial score (nSPS) is 12.3. The lowest BCUT2D eigenvalue weighted by Crippen LogP contribution is -2.28. The number of aromatic nitrogens is 6. The van der Waals surface area contributed by atoms with Gasteiger partial charge in [0.05, 0.1) is 17.9 Å². The van der Waals surface area contributed by atoms with Crippen LogP contribution in [-0.4, -0.2) is 50.2 Å². The standard InChI is InChI=1S/C9H15N7O2S/c1-6-9(7(2)11-10-6)19(17,18)15(3)5-8-12-13-14-16(8)4/h5H2,1-4H3,(H,10,11). The highest BCUT2D eigenvalue weighted by molar-refractivity contribution is 7.89. The molecule has 2 aromatic rings. The van der Waals surface area contributed by atoms with Crippen LogP contribution in [0.5, 0.6) is 0 Å². The zero-order chi connectivity index (χ0) is 14.2. The van der Waals surface area contributed by atoms with E-state index in [1.165, 1.54) is 16.0 Å². The molecule has 2 aromatic heterocycles. The van der Waals surface area contributed by atoms with Crippen LogP contribution in [0.4, 0.5) is 0 Å². The average molecular weight is 285 g/mol. The van der Waals surface area contributed by atoms with Crippen molar-refractivity contribution in [2.75, 3.05) is 7.05 Å². The molecule has 10 heteroatoms. The molecule has 0 spiro atoms. The van der Waals surface area contributed by atoms with E-state index >= 15 is 0 Å². The van der Waals surface area contributed by atoms with Crippen LogP contribution in [0.3, 0.4) is 0 Å². The summed E-state index contributed by atoms with van der Waals surface area (Å²) in [6, 6.07) is 0. The summed E-state index contributed by atoms with van der Waals surface area (Å²) in [5, 5.41) is 17.5. The second-order valence-electron chi connectivity index (χ2n) is 4.24. The third-order valence-corrected chi connectivity index (χ3v) is 4.87. The molecule has 0 bridgehead atoms. The summed E-state index contributed by atoms with van der Waals surface area (Å²) < 4.78 is 27.6. The van der Waals surface area contributed by atoms with E-state index in [1.54, 1.807) is 20.9 Å². The Bertz CT molecular complexity index is 668. The van der Waals surface area contributed by atoms with Crippen LogP contribution in [0, 0.1) is 13.8 Å². The summed E-state index contributed by atoms with van der Waals surface area (Å²) in [5.74, 6) is 0.463. The third-order valence-electron chi connectivity index (χ3n) is 2.80. The van der Waals surface area contributed by atoms with Gasteiger partial charge in [-0.1, -0.05) is 0 Å². The molecule has 2 heterocycles. The molecule has 0 saturated carbocycles. The molecular formula is C9H15N7O2S. The number of hydrogen-bond acceptors (Lipinski definition) is 6. The Morgan fingerprint density at radius 2 is 2.05 bits per heavy atom. The van der Waals surface area contributed by atoms with Crippen molar-refractivity contribution >= 4 is 10.0 Å². The van der Waals surface area contributed by atoms with Crippen molar-refractivity contribution in [2.45, 2.75) is 25.3 Å². The Balaban J connectivity index is 2.33. The molecule has 2 rings (SSSR count). The van der Waals surface area contributed by atoms with E-state index in [1.807, 2.05) is 0 Å². The van der Waals surface area contributed by atoms with Gasteiger partial charge in [-0.05, 0) is 24.3 Å². The molecule has 0 aliphatic rings. The SMILES string of the molecule is Cc1n[nH]c(C)c1S(=O)(=O)N(C)Cc1nnnn1C. The van der Waals surface area contributed by atoms with Crippen molar-refractivity contribution in [1.29, 1.82) is 0 Å². The van der Waals surface area contributed by atoms with Crippen molar-refractivity contribution in [1.82, 2.24) is 34.7 Å². The quantitative estimate of drug-likeness (QED) is 0.801. The molecule has 104 valence electrons. The van der Waals surface area contributed by atoms with Crippen LogP contribution in [0.25, 0.3) is 0 Å². The topological polar surface area (TPSA) is 110 Å². The van der Waals surface area contributed by atoms with E-state index in [2.05, 4.69) is 25.7 Å². The van der Waals surface area contributed by atoms with Crippen molar-refractivity contribution < 1.29 is 8.42 Å². The van der Waals surface area contributed by atoms with Crippen molar-refractivity contribution in [3.8, 4) is 0 Å². The monoisotopic (exact) mass is 285 g/mol. The van der Waals surface area contributed by atoms with Crippen LogP contribution in [0.1, 0.15) is 17.2 Å². The van der Waals surface area contributed by atoms with Crippen LogP contribution in [0.2, 0.25) is 0 Å². The van der Waals surface area contributed by atoms with E-state index in [0.717, 1.165) is 0 Å². The van der Waals surface area contributed by atoms with Crippen LogP contribution in [-0.2, 0) is 23.6 Å². The molecular weight excluding hydrogens is 270 g/mol. The molecule has 0 unspecified atom stereocenters. The Morgan fingerprint density at radius 1 is 1.37 bits per heavy atom. The molecule has 0 atom stereocenters. The average Bonchev–Trinajstić information content (AvgIpc) is 2.86. The smallest absolute Gasteiger partial charge is 0.246 e. The van der Waals surface area contributed by atoms with Gasteiger partial charge in [0, 0.05) is 14.1 Å². The Hall–Kier alpha value is -1.81. The molecule has 0 aromatic carbocycles. The summed E-state index contributed by atoms with van der Waals surface area (Å²) in [4.78, 5) is 0.199. The minimum Gasteiger partial charge on any atom is -0.281 e.